The first-order valence-corrected chi connectivity index (χ1v) is 9.13. The molecular formula is C22H18ClN3O2. The molecule has 0 atom stereocenters. The Morgan fingerprint density at radius 3 is 2.57 bits per heavy atom. The molecular weight excluding hydrogens is 374 g/mol. The molecule has 28 heavy (non-hydrogen) atoms. The lowest BCUT2D eigenvalue weighted by molar-refractivity contribution is 0.102. The second-order valence-electron chi connectivity index (χ2n) is 6.46. The third-order valence-electron chi connectivity index (χ3n) is 4.54. The molecule has 6 heteroatoms. The highest BCUT2D eigenvalue weighted by Gasteiger charge is 2.10. The van der Waals surface area contributed by atoms with Gasteiger partial charge in [-0.1, -0.05) is 17.7 Å². The van der Waals surface area contributed by atoms with Gasteiger partial charge in [0.05, 0.1) is 18.1 Å². The molecule has 0 radical (unpaired) electrons. The largest absolute Gasteiger partial charge is 0.497 e. The number of rotatable bonds is 4. The van der Waals surface area contributed by atoms with E-state index in [1.54, 1.807) is 19.2 Å². The van der Waals surface area contributed by atoms with Crippen molar-refractivity contribution in [3.05, 3.63) is 76.8 Å². The standard InChI is InChI=1S/C22H18ClN3O2/c1-13-3-4-15(11-18(13)23)22(27)24-16-7-5-14(6-8-16)21-25-19-10-9-17(28-2)12-20(19)26-21/h3-12H,1-2H3,(H,24,27)(H,25,26). The van der Waals surface area contributed by atoms with Crippen LogP contribution < -0.4 is 10.1 Å². The van der Waals surface area contributed by atoms with Gasteiger partial charge < -0.3 is 15.0 Å². The van der Waals surface area contributed by atoms with Crippen molar-refractivity contribution in [3.63, 3.8) is 0 Å². The molecule has 0 fully saturated rings. The molecule has 0 aliphatic heterocycles. The maximum atomic E-state index is 12.4. The number of nitrogens with one attached hydrogen (secondary N) is 2. The van der Waals surface area contributed by atoms with Gasteiger partial charge in [-0.2, -0.15) is 0 Å². The van der Waals surface area contributed by atoms with E-state index < -0.39 is 0 Å². The molecule has 2 N–H and O–H groups in total. The minimum absolute atomic E-state index is 0.203. The maximum Gasteiger partial charge on any atom is 0.255 e. The number of fused-ring (bicyclic) bond motifs is 1. The highest BCUT2D eigenvalue weighted by molar-refractivity contribution is 6.31. The quantitative estimate of drug-likeness (QED) is 0.486. The summed E-state index contributed by atoms with van der Waals surface area (Å²) in [7, 11) is 1.63. The lowest BCUT2D eigenvalue weighted by Crippen LogP contribution is -2.11. The van der Waals surface area contributed by atoms with Gasteiger partial charge in [-0.05, 0) is 61.0 Å². The van der Waals surface area contributed by atoms with E-state index in [-0.39, 0.29) is 5.91 Å². The summed E-state index contributed by atoms with van der Waals surface area (Å²) in [5.41, 5.74) is 4.85. The fourth-order valence-electron chi connectivity index (χ4n) is 2.90. The molecule has 4 rings (SSSR count). The lowest BCUT2D eigenvalue weighted by Gasteiger charge is -2.07. The average molecular weight is 392 g/mol. The van der Waals surface area contributed by atoms with Crippen molar-refractivity contribution in [1.29, 1.82) is 0 Å². The van der Waals surface area contributed by atoms with Crippen molar-refractivity contribution < 1.29 is 9.53 Å². The molecule has 0 saturated heterocycles. The number of amides is 1. The van der Waals surface area contributed by atoms with Gasteiger partial charge in [0.2, 0.25) is 0 Å². The number of carbonyl (C=O) groups excluding carboxylic acids is 1. The summed E-state index contributed by atoms with van der Waals surface area (Å²) in [6, 6.07) is 18.5. The highest BCUT2D eigenvalue weighted by Crippen LogP contribution is 2.25. The van der Waals surface area contributed by atoms with Crippen LogP contribution in [-0.4, -0.2) is 23.0 Å². The van der Waals surface area contributed by atoms with E-state index in [0.717, 1.165) is 33.7 Å². The van der Waals surface area contributed by atoms with E-state index in [4.69, 9.17) is 16.3 Å². The van der Waals surface area contributed by atoms with Crippen molar-refractivity contribution in [2.75, 3.05) is 12.4 Å². The first-order valence-electron chi connectivity index (χ1n) is 8.75. The topological polar surface area (TPSA) is 67.0 Å². The molecule has 0 unspecified atom stereocenters. The van der Waals surface area contributed by atoms with E-state index in [1.807, 2.05) is 55.5 Å². The number of methoxy groups -OCH3 is 1. The van der Waals surface area contributed by atoms with E-state index in [1.165, 1.54) is 0 Å². The Morgan fingerprint density at radius 2 is 1.86 bits per heavy atom. The number of ether oxygens (including phenoxy) is 1. The number of aryl methyl sites for hydroxylation is 1. The number of nitrogens with zero attached hydrogens (tertiary/aromatic N) is 1. The van der Waals surface area contributed by atoms with Crippen molar-refractivity contribution >= 4 is 34.2 Å². The Kier molecular flexibility index (Phi) is 4.75. The zero-order valence-corrected chi connectivity index (χ0v) is 16.2. The summed E-state index contributed by atoms with van der Waals surface area (Å²) < 4.78 is 5.24. The van der Waals surface area contributed by atoms with E-state index in [9.17, 15) is 4.79 Å². The number of H-pyrrole nitrogens is 1. The van der Waals surface area contributed by atoms with Crippen LogP contribution >= 0.6 is 11.6 Å². The molecule has 3 aromatic carbocycles. The number of halogens is 1. The van der Waals surface area contributed by atoms with Gasteiger partial charge in [0.15, 0.2) is 0 Å². The van der Waals surface area contributed by atoms with Crippen LogP contribution in [0, 0.1) is 6.92 Å². The Labute approximate surface area is 167 Å². The van der Waals surface area contributed by atoms with Crippen LogP contribution in [0.25, 0.3) is 22.4 Å². The van der Waals surface area contributed by atoms with Crippen LogP contribution in [-0.2, 0) is 0 Å². The van der Waals surface area contributed by atoms with Crippen LogP contribution in [0.15, 0.2) is 60.7 Å². The summed E-state index contributed by atoms with van der Waals surface area (Å²) in [5, 5.41) is 3.45. The van der Waals surface area contributed by atoms with E-state index in [0.29, 0.717) is 16.3 Å². The lowest BCUT2D eigenvalue weighted by atomic mass is 10.1. The molecule has 1 heterocycles. The third-order valence-corrected chi connectivity index (χ3v) is 4.95. The molecule has 0 aliphatic rings. The predicted molar refractivity (Wildman–Crippen MR) is 112 cm³/mol. The molecule has 4 aromatic rings. The summed E-state index contributed by atoms with van der Waals surface area (Å²) in [6.45, 7) is 1.90. The second kappa shape index (κ2) is 7.37. The smallest absolute Gasteiger partial charge is 0.255 e. The highest BCUT2D eigenvalue weighted by atomic mass is 35.5. The van der Waals surface area contributed by atoms with Crippen molar-refractivity contribution in [1.82, 2.24) is 9.97 Å². The number of carbonyl (C=O) groups is 1. The molecule has 1 aromatic heterocycles. The first kappa shape index (κ1) is 18.1. The van der Waals surface area contributed by atoms with Crippen molar-refractivity contribution in [3.8, 4) is 17.1 Å². The van der Waals surface area contributed by atoms with E-state index in [2.05, 4.69) is 15.3 Å². The molecule has 140 valence electrons. The zero-order chi connectivity index (χ0) is 19.7. The fourth-order valence-corrected chi connectivity index (χ4v) is 3.08. The number of hydrogen-bond donors (Lipinski definition) is 2. The summed E-state index contributed by atoms with van der Waals surface area (Å²) in [4.78, 5) is 20.3. The van der Waals surface area contributed by atoms with Crippen LogP contribution in [0.1, 0.15) is 15.9 Å². The minimum atomic E-state index is -0.203. The fraction of sp³-hybridized carbons (Fsp3) is 0.0909. The molecule has 0 saturated carbocycles. The minimum Gasteiger partial charge on any atom is -0.497 e. The third kappa shape index (κ3) is 3.57. The van der Waals surface area contributed by atoms with Gasteiger partial charge in [-0.15, -0.1) is 0 Å². The summed E-state index contributed by atoms with van der Waals surface area (Å²) in [6.07, 6.45) is 0. The van der Waals surface area contributed by atoms with Gasteiger partial charge in [0, 0.05) is 27.9 Å². The molecule has 0 spiro atoms. The predicted octanol–water partition coefficient (Wildman–Crippen LogP) is 5.45. The number of hydrogen-bond acceptors (Lipinski definition) is 3. The van der Waals surface area contributed by atoms with Crippen LogP contribution in [0.5, 0.6) is 5.75 Å². The van der Waals surface area contributed by atoms with Gasteiger partial charge in [-0.25, -0.2) is 4.98 Å². The van der Waals surface area contributed by atoms with Gasteiger partial charge in [0.1, 0.15) is 11.6 Å². The Morgan fingerprint density at radius 1 is 1.07 bits per heavy atom. The van der Waals surface area contributed by atoms with Gasteiger partial charge in [-0.3, -0.25) is 4.79 Å². The maximum absolute atomic E-state index is 12.4. The van der Waals surface area contributed by atoms with Crippen molar-refractivity contribution in [2.45, 2.75) is 6.92 Å². The average Bonchev–Trinajstić information content (AvgIpc) is 3.13. The van der Waals surface area contributed by atoms with E-state index >= 15 is 0 Å². The number of aromatic nitrogens is 2. The van der Waals surface area contributed by atoms with Crippen LogP contribution in [0.2, 0.25) is 5.02 Å². The Bertz CT molecular complexity index is 1170. The number of anilines is 1. The Balaban J connectivity index is 1.53. The number of aromatic amines is 1. The normalized spacial score (nSPS) is 10.8. The summed E-state index contributed by atoms with van der Waals surface area (Å²) in [5.74, 6) is 1.33. The molecule has 0 aliphatic carbocycles. The first-order chi connectivity index (χ1) is 13.5. The van der Waals surface area contributed by atoms with Crippen LogP contribution in [0.3, 0.4) is 0 Å². The number of imidazole rings is 1. The second-order valence-corrected chi connectivity index (χ2v) is 6.87. The number of benzene rings is 3. The molecule has 0 bridgehead atoms. The van der Waals surface area contributed by atoms with Crippen LogP contribution in [0.4, 0.5) is 5.69 Å². The molecule has 5 nitrogen and oxygen atoms in total. The summed E-state index contributed by atoms with van der Waals surface area (Å²) >= 11 is 6.10. The SMILES string of the molecule is COc1ccc2nc(-c3ccc(NC(=O)c4ccc(C)c(Cl)c4)cc3)[nH]c2c1. The van der Waals surface area contributed by atoms with Gasteiger partial charge >= 0.3 is 0 Å². The monoisotopic (exact) mass is 391 g/mol. The zero-order valence-electron chi connectivity index (χ0n) is 15.4. The Hall–Kier alpha value is -3.31. The molecule has 1 amide bonds. The van der Waals surface area contributed by atoms with Crippen molar-refractivity contribution in [2.24, 2.45) is 0 Å². The van der Waals surface area contributed by atoms with Gasteiger partial charge in [0.25, 0.3) is 5.91 Å².